The number of hydrogen-bond acceptors (Lipinski definition) is 3. The third kappa shape index (κ3) is 6.40. The molecule has 2 aromatic rings. The zero-order chi connectivity index (χ0) is 28.0. The van der Waals surface area contributed by atoms with E-state index in [9.17, 15) is 14.7 Å². The summed E-state index contributed by atoms with van der Waals surface area (Å²) in [6.45, 7) is 13.0. The minimum Gasteiger partial charge on any atom is -0.481 e. The zero-order valence-corrected chi connectivity index (χ0v) is 25.1. The Labute approximate surface area is 230 Å². The van der Waals surface area contributed by atoms with E-state index < -0.39 is 19.7 Å². The number of aliphatic carboxylic acids is 1. The van der Waals surface area contributed by atoms with Crippen molar-refractivity contribution in [3.05, 3.63) is 60.7 Å². The first-order chi connectivity index (χ1) is 18.0. The van der Waals surface area contributed by atoms with Crippen molar-refractivity contribution >= 4 is 30.6 Å². The summed E-state index contributed by atoms with van der Waals surface area (Å²) in [5.74, 6) is -0.712. The van der Waals surface area contributed by atoms with Gasteiger partial charge in [0.05, 0.1) is 5.41 Å². The maximum absolute atomic E-state index is 12.7. The lowest BCUT2D eigenvalue weighted by molar-refractivity contribution is -0.149. The summed E-state index contributed by atoms with van der Waals surface area (Å²) in [7, 11) is -2.75. The van der Waals surface area contributed by atoms with Crippen LogP contribution >= 0.6 is 0 Å². The molecule has 1 amide bonds. The van der Waals surface area contributed by atoms with Crippen LogP contribution in [0.3, 0.4) is 0 Å². The molecule has 1 fully saturated rings. The van der Waals surface area contributed by atoms with Crippen molar-refractivity contribution in [3.8, 4) is 0 Å². The molecule has 0 aromatic heterocycles. The molecule has 0 bridgehead atoms. The van der Waals surface area contributed by atoms with Crippen molar-refractivity contribution in [2.75, 3.05) is 6.61 Å². The fourth-order valence-corrected chi connectivity index (χ4v) is 11.4. The van der Waals surface area contributed by atoms with Gasteiger partial charge in [-0.1, -0.05) is 108 Å². The molecule has 1 aliphatic rings. The van der Waals surface area contributed by atoms with Gasteiger partial charge in [0.25, 0.3) is 8.32 Å². The van der Waals surface area contributed by atoms with Crippen molar-refractivity contribution in [1.82, 2.24) is 5.32 Å². The smallest absolute Gasteiger partial charge is 0.309 e. The molecule has 208 valence electrons. The number of hydrogen-bond donors (Lipinski definition) is 2. The molecule has 2 N–H and O–H groups in total. The van der Waals surface area contributed by atoms with Crippen LogP contribution in [0.15, 0.2) is 60.7 Å². The number of carboxylic acid groups (broad SMARTS) is 1. The lowest BCUT2D eigenvalue weighted by Crippen LogP contribution is -2.67. The number of unbranched alkanes of at least 4 members (excludes halogenated alkanes) is 2. The first-order valence-corrected chi connectivity index (χ1v) is 16.1. The summed E-state index contributed by atoms with van der Waals surface area (Å²) >= 11 is 0. The summed E-state index contributed by atoms with van der Waals surface area (Å²) in [6, 6.07) is 21.0. The van der Waals surface area contributed by atoms with Gasteiger partial charge >= 0.3 is 5.97 Å². The van der Waals surface area contributed by atoms with Gasteiger partial charge in [0.1, 0.15) is 0 Å². The predicted octanol–water partition coefficient (Wildman–Crippen LogP) is 5.77. The van der Waals surface area contributed by atoms with Gasteiger partial charge in [-0.3, -0.25) is 9.59 Å². The Morgan fingerprint density at radius 1 is 1.03 bits per heavy atom. The fraction of sp³-hybridized carbons (Fsp3) is 0.562. The summed E-state index contributed by atoms with van der Waals surface area (Å²) in [5.41, 5.74) is -0.772. The minimum absolute atomic E-state index is 0.0369. The fourth-order valence-electron chi connectivity index (χ4n) is 6.74. The second kappa shape index (κ2) is 12.6. The summed E-state index contributed by atoms with van der Waals surface area (Å²) < 4.78 is 7.27. The second-order valence-electron chi connectivity index (χ2n) is 12.3. The van der Waals surface area contributed by atoms with E-state index in [4.69, 9.17) is 4.43 Å². The number of amides is 1. The number of carbonyl (C=O) groups excluding carboxylic acids is 1. The molecule has 38 heavy (non-hydrogen) atoms. The van der Waals surface area contributed by atoms with Crippen LogP contribution < -0.4 is 15.7 Å². The third-order valence-corrected chi connectivity index (χ3v) is 13.6. The van der Waals surface area contributed by atoms with Gasteiger partial charge in [-0.05, 0) is 53.4 Å². The monoisotopic (exact) mass is 537 g/mol. The lowest BCUT2D eigenvalue weighted by atomic mass is 9.79. The molecule has 0 aliphatic heterocycles. The molecule has 6 heteroatoms. The third-order valence-electron chi connectivity index (χ3n) is 8.60. The molecule has 4 atom stereocenters. The van der Waals surface area contributed by atoms with Crippen LogP contribution in [0.25, 0.3) is 0 Å². The highest BCUT2D eigenvalue weighted by atomic mass is 28.4. The van der Waals surface area contributed by atoms with Crippen molar-refractivity contribution in [3.63, 3.8) is 0 Å². The Balaban J connectivity index is 2.03. The SMILES string of the molecule is CCCCCC1(C(=O)O)CC(CO[Si](c2ccccc2)(c2ccccc2)C(C)(C)C)C(C(C)NC(C)=O)C1. The Bertz CT molecular complexity index is 1010. The maximum atomic E-state index is 12.7. The predicted molar refractivity (Wildman–Crippen MR) is 157 cm³/mol. The zero-order valence-electron chi connectivity index (χ0n) is 24.1. The number of carbonyl (C=O) groups is 2. The molecule has 0 spiro atoms. The molecule has 3 rings (SSSR count). The number of nitrogens with one attached hydrogen (secondary N) is 1. The van der Waals surface area contributed by atoms with Crippen LogP contribution in [0.4, 0.5) is 0 Å². The summed E-state index contributed by atoms with van der Waals surface area (Å²) in [5, 5.41) is 15.8. The van der Waals surface area contributed by atoms with Crippen LogP contribution in [0.2, 0.25) is 5.04 Å². The summed E-state index contributed by atoms with van der Waals surface area (Å²) in [6.07, 6.45) is 4.83. The van der Waals surface area contributed by atoms with E-state index in [1.807, 2.05) is 19.1 Å². The molecule has 0 radical (unpaired) electrons. The largest absolute Gasteiger partial charge is 0.481 e. The van der Waals surface area contributed by atoms with Crippen LogP contribution in [0, 0.1) is 17.3 Å². The van der Waals surface area contributed by atoms with Gasteiger partial charge in [-0.15, -0.1) is 0 Å². The van der Waals surface area contributed by atoms with Gasteiger partial charge in [0.2, 0.25) is 5.91 Å². The van der Waals surface area contributed by atoms with Gasteiger partial charge in [-0.25, -0.2) is 0 Å². The van der Waals surface area contributed by atoms with E-state index in [0.717, 1.165) is 19.3 Å². The van der Waals surface area contributed by atoms with E-state index in [1.165, 1.54) is 17.3 Å². The number of carboxylic acids is 1. The lowest BCUT2D eigenvalue weighted by Gasteiger charge is -2.44. The van der Waals surface area contributed by atoms with E-state index in [0.29, 0.717) is 25.9 Å². The maximum Gasteiger partial charge on any atom is 0.309 e. The highest BCUT2D eigenvalue weighted by Gasteiger charge is 2.54. The van der Waals surface area contributed by atoms with Crippen molar-refractivity contribution in [1.29, 1.82) is 0 Å². The minimum atomic E-state index is -2.75. The molecule has 0 heterocycles. The van der Waals surface area contributed by atoms with Crippen LogP contribution in [0.5, 0.6) is 0 Å². The van der Waals surface area contributed by atoms with Crippen molar-refractivity contribution in [2.24, 2.45) is 17.3 Å². The molecule has 1 saturated carbocycles. The quantitative estimate of drug-likeness (QED) is 0.266. The average Bonchev–Trinajstić information content (AvgIpc) is 3.25. The average molecular weight is 538 g/mol. The Hall–Kier alpha value is -2.44. The first-order valence-electron chi connectivity index (χ1n) is 14.2. The Morgan fingerprint density at radius 3 is 2.03 bits per heavy atom. The van der Waals surface area contributed by atoms with Crippen LogP contribution in [-0.2, 0) is 14.0 Å². The highest BCUT2D eigenvalue weighted by Crippen LogP contribution is 2.51. The topological polar surface area (TPSA) is 75.6 Å². The highest BCUT2D eigenvalue weighted by molar-refractivity contribution is 6.99. The molecular weight excluding hydrogens is 490 g/mol. The van der Waals surface area contributed by atoms with Gasteiger partial charge in [-0.2, -0.15) is 0 Å². The van der Waals surface area contributed by atoms with Crippen LogP contribution in [0.1, 0.15) is 80.1 Å². The van der Waals surface area contributed by atoms with E-state index in [1.54, 1.807) is 0 Å². The van der Waals surface area contributed by atoms with E-state index >= 15 is 0 Å². The van der Waals surface area contributed by atoms with Crippen LogP contribution in [-0.4, -0.2) is 37.9 Å². The van der Waals surface area contributed by atoms with Crippen molar-refractivity contribution in [2.45, 2.75) is 91.1 Å². The van der Waals surface area contributed by atoms with Gasteiger partial charge in [0, 0.05) is 19.6 Å². The van der Waals surface area contributed by atoms with E-state index in [2.05, 4.69) is 81.5 Å². The van der Waals surface area contributed by atoms with Crippen molar-refractivity contribution < 1.29 is 19.1 Å². The number of benzene rings is 2. The molecule has 0 saturated heterocycles. The Kier molecular flexibility index (Phi) is 9.99. The molecule has 5 nitrogen and oxygen atoms in total. The molecule has 4 unspecified atom stereocenters. The molecule has 1 aliphatic carbocycles. The standard InChI is InChI=1S/C32H47NO4Si/c1-7-8-15-20-32(30(35)36)21-26(29(22-32)24(2)33-25(3)34)23-37-38(31(4,5)6,27-16-11-9-12-17-27)28-18-13-10-14-19-28/h9-14,16-19,24,26,29H,7-8,15,20-23H2,1-6H3,(H,33,34)(H,35,36). The number of rotatable bonds is 12. The Morgan fingerprint density at radius 2 is 1.58 bits per heavy atom. The first kappa shape index (κ1) is 30.1. The van der Waals surface area contributed by atoms with E-state index in [-0.39, 0.29) is 28.8 Å². The summed E-state index contributed by atoms with van der Waals surface area (Å²) in [4.78, 5) is 24.7. The normalized spacial score (nSPS) is 22.7. The van der Waals surface area contributed by atoms with Gasteiger partial charge < -0.3 is 14.8 Å². The second-order valence-corrected chi connectivity index (χ2v) is 16.6. The molecule has 2 aromatic carbocycles. The van der Waals surface area contributed by atoms with Gasteiger partial charge in [0.15, 0.2) is 0 Å². The molecular formula is C32H47NO4Si.